The van der Waals surface area contributed by atoms with E-state index in [4.69, 9.17) is 0 Å². The summed E-state index contributed by atoms with van der Waals surface area (Å²) in [5, 5.41) is 1.97. The van der Waals surface area contributed by atoms with Crippen LogP contribution in [0.15, 0.2) is 29.2 Å². The van der Waals surface area contributed by atoms with Crippen LogP contribution in [-0.2, 0) is 0 Å². The zero-order valence-electron chi connectivity index (χ0n) is 9.26. The van der Waals surface area contributed by atoms with E-state index in [0.717, 1.165) is 29.9 Å². The standard InChI is InChI=1S/C12H12N4S/c1-2-9-10(15-16-6-5-13-7-16)3-4-11-12(9)14-8-17-11/h2-4,7-8,15H,1,5-6H2. The number of hydrazine groups is 1. The summed E-state index contributed by atoms with van der Waals surface area (Å²) < 4.78 is 1.18. The Kier molecular flexibility index (Phi) is 2.53. The monoisotopic (exact) mass is 244 g/mol. The maximum Gasteiger partial charge on any atom is 0.104 e. The molecule has 0 aliphatic carbocycles. The summed E-state index contributed by atoms with van der Waals surface area (Å²) in [6.45, 7) is 5.61. The van der Waals surface area contributed by atoms with Gasteiger partial charge in [-0.1, -0.05) is 12.7 Å². The van der Waals surface area contributed by atoms with Crippen LogP contribution < -0.4 is 5.43 Å². The van der Waals surface area contributed by atoms with E-state index in [1.54, 1.807) is 11.3 Å². The van der Waals surface area contributed by atoms with Crippen molar-refractivity contribution in [3.05, 3.63) is 29.8 Å². The molecule has 1 aliphatic rings. The van der Waals surface area contributed by atoms with Crippen LogP contribution in [0.1, 0.15) is 5.56 Å². The molecular weight excluding hydrogens is 232 g/mol. The third kappa shape index (κ3) is 1.78. The largest absolute Gasteiger partial charge is 0.297 e. The first-order chi connectivity index (χ1) is 8.38. The molecule has 4 nitrogen and oxygen atoms in total. The summed E-state index contributed by atoms with van der Waals surface area (Å²) in [7, 11) is 0. The van der Waals surface area contributed by atoms with Crippen molar-refractivity contribution in [1.82, 2.24) is 9.99 Å². The summed E-state index contributed by atoms with van der Waals surface area (Å²) >= 11 is 1.64. The minimum absolute atomic E-state index is 0.843. The third-order valence-corrected chi connectivity index (χ3v) is 3.49. The predicted octanol–water partition coefficient (Wildman–Crippen LogP) is 2.61. The van der Waals surface area contributed by atoms with Crippen LogP contribution in [0.2, 0.25) is 0 Å². The first kappa shape index (κ1) is 10.3. The molecule has 3 rings (SSSR count). The number of rotatable bonds is 3. The zero-order valence-corrected chi connectivity index (χ0v) is 10.1. The van der Waals surface area contributed by atoms with Crippen molar-refractivity contribution in [1.29, 1.82) is 0 Å². The maximum atomic E-state index is 4.38. The van der Waals surface area contributed by atoms with Gasteiger partial charge in [0, 0.05) is 5.56 Å². The van der Waals surface area contributed by atoms with Crippen LogP contribution >= 0.6 is 11.3 Å². The van der Waals surface area contributed by atoms with Gasteiger partial charge in [0.1, 0.15) is 6.34 Å². The van der Waals surface area contributed by atoms with Crippen LogP contribution in [-0.4, -0.2) is 29.4 Å². The van der Waals surface area contributed by atoms with Gasteiger partial charge in [0.05, 0.1) is 34.5 Å². The number of anilines is 1. The molecule has 0 atom stereocenters. The van der Waals surface area contributed by atoms with E-state index < -0.39 is 0 Å². The molecule has 0 radical (unpaired) electrons. The summed E-state index contributed by atoms with van der Waals surface area (Å²) in [6.07, 6.45) is 3.66. The fraction of sp³-hybridized carbons (Fsp3) is 0.167. The number of aliphatic imine (C=N–C) groups is 1. The molecule has 1 aromatic carbocycles. The van der Waals surface area contributed by atoms with E-state index in [9.17, 15) is 0 Å². The average molecular weight is 244 g/mol. The minimum atomic E-state index is 0.843. The molecule has 1 aromatic heterocycles. The second kappa shape index (κ2) is 4.18. The third-order valence-electron chi connectivity index (χ3n) is 2.70. The van der Waals surface area contributed by atoms with Gasteiger partial charge in [0.15, 0.2) is 0 Å². The van der Waals surface area contributed by atoms with Crippen LogP contribution in [0, 0.1) is 0 Å². The topological polar surface area (TPSA) is 40.5 Å². The van der Waals surface area contributed by atoms with E-state index in [1.165, 1.54) is 4.70 Å². The van der Waals surface area contributed by atoms with E-state index in [2.05, 4.69) is 34.1 Å². The van der Waals surface area contributed by atoms with Crippen LogP contribution in [0.4, 0.5) is 5.69 Å². The molecule has 0 fully saturated rings. The van der Waals surface area contributed by atoms with Crippen LogP contribution in [0.3, 0.4) is 0 Å². The lowest BCUT2D eigenvalue weighted by Gasteiger charge is -2.18. The van der Waals surface area contributed by atoms with Crippen molar-refractivity contribution in [2.24, 2.45) is 4.99 Å². The molecular formula is C12H12N4S. The summed E-state index contributed by atoms with van der Waals surface area (Å²) in [5.74, 6) is 0. The smallest absolute Gasteiger partial charge is 0.104 e. The molecule has 2 heterocycles. The number of nitrogens with zero attached hydrogens (tertiary/aromatic N) is 3. The molecule has 0 spiro atoms. The van der Waals surface area contributed by atoms with Gasteiger partial charge in [-0.15, -0.1) is 11.3 Å². The molecule has 86 valence electrons. The summed E-state index contributed by atoms with van der Waals surface area (Å²) in [4.78, 5) is 8.55. The Morgan fingerprint density at radius 3 is 3.18 bits per heavy atom. The number of hydrogen-bond donors (Lipinski definition) is 1. The Hall–Kier alpha value is -1.88. The van der Waals surface area contributed by atoms with Crippen LogP contribution in [0.25, 0.3) is 16.3 Å². The molecule has 1 N–H and O–H groups in total. The highest BCUT2D eigenvalue weighted by atomic mass is 32.1. The van der Waals surface area contributed by atoms with E-state index in [-0.39, 0.29) is 0 Å². The SMILES string of the molecule is C=Cc1c(NN2C=NCC2)ccc2scnc12. The number of benzene rings is 1. The molecule has 0 amide bonds. The van der Waals surface area contributed by atoms with Crippen molar-refractivity contribution >= 4 is 39.7 Å². The second-order valence-corrected chi connectivity index (χ2v) is 4.64. The highest BCUT2D eigenvalue weighted by Gasteiger charge is 2.10. The van der Waals surface area contributed by atoms with Crippen molar-refractivity contribution in [2.75, 3.05) is 18.5 Å². The molecule has 1 aliphatic heterocycles. The van der Waals surface area contributed by atoms with E-state index in [0.29, 0.717) is 0 Å². The van der Waals surface area contributed by atoms with Crippen molar-refractivity contribution in [3.8, 4) is 0 Å². The first-order valence-electron chi connectivity index (χ1n) is 5.40. The molecule has 5 heteroatoms. The lowest BCUT2D eigenvalue weighted by molar-refractivity contribution is 0.557. The highest BCUT2D eigenvalue weighted by molar-refractivity contribution is 7.16. The summed E-state index contributed by atoms with van der Waals surface area (Å²) in [5.41, 5.74) is 8.25. The van der Waals surface area contributed by atoms with Gasteiger partial charge in [-0.3, -0.25) is 15.4 Å². The molecule has 0 unspecified atom stereocenters. The lowest BCUT2D eigenvalue weighted by atomic mass is 10.1. The number of aromatic nitrogens is 1. The van der Waals surface area contributed by atoms with Crippen LogP contribution in [0.5, 0.6) is 0 Å². The van der Waals surface area contributed by atoms with Gasteiger partial charge in [-0.2, -0.15) is 0 Å². The first-order valence-corrected chi connectivity index (χ1v) is 6.28. The van der Waals surface area contributed by atoms with Gasteiger partial charge >= 0.3 is 0 Å². The molecule has 2 aromatic rings. The van der Waals surface area contributed by atoms with E-state index >= 15 is 0 Å². The number of hydrogen-bond acceptors (Lipinski definition) is 5. The Labute approximate surface area is 103 Å². The average Bonchev–Trinajstić information content (AvgIpc) is 2.98. The molecule has 17 heavy (non-hydrogen) atoms. The molecule has 0 bridgehead atoms. The quantitative estimate of drug-likeness (QED) is 0.902. The minimum Gasteiger partial charge on any atom is -0.297 e. The zero-order chi connectivity index (χ0) is 11.7. The Morgan fingerprint density at radius 1 is 1.47 bits per heavy atom. The van der Waals surface area contributed by atoms with Gasteiger partial charge in [0.2, 0.25) is 0 Å². The normalized spacial score (nSPS) is 14.5. The van der Waals surface area contributed by atoms with E-state index in [1.807, 2.05) is 22.9 Å². The highest BCUT2D eigenvalue weighted by Crippen LogP contribution is 2.28. The Morgan fingerprint density at radius 2 is 2.41 bits per heavy atom. The number of fused-ring (bicyclic) bond motifs is 1. The number of nitrogens with one attached hydrogen (secondary N) is 1. The Balaban J connectivity index is 2.02. The number of thiazole rings is 1. The maximum absolute atomic E-state index is 4.38. The van der Waals surface area contributed by atoms with Gasteiger partial charge < -0.3 is 0 Å². The fourth-order valence-electron chi connectivity index (χ4n) is 1.88. The predicted molar refractivity (Wildman–Crippen MR) is 73.4 cm³/mol. The van der Waals surface area contributed by atoms with Crippen molar-refractivity contribution in [2.45, 2.75) is 0 Å². The van der Waals surface area contributed by atoms with Crippen molar-refractivity contribution < 1.29 is 0 Å². The molecule has 0 saturated carbocycles. The summed E-state index contributed by atoms with van der Waals surface area (Å²) in [6, 6.07) is 4.14. The lowest BCUT2D eigenvalue weighted by Crippen LogP contribution is -2.26. The van der Waals surface area contributed by atoms with Gasteiger partial charge in [-0.25, -0.2) is 4.98 Å². The van der Waals surface area contributed by atoms with Crippen molar-refractivity contribution in [3.63, 3.8) is 0 Å². The fourth-order valence-corrected chi connectivity index (χ4v) is 2.57. The molecule has 0 saturated heterocycles. The second-order valence-electron chi connectivity index (χ2n) is 3.76. The van der Waals surface area contributed by atoms with Gasteiger partial charge in [-0.05, 0) is 12.1 Å². The Bertz CT molecular complexity index is 587. The van der Waals surface area contributed by atoms with Gasteiger partial charge in [0.25, 0.3) is 0 Å².